The Morgan fingerprint density at radius 3 is 2.69 bits per heavy atom. The van der Waals surface area contributed by atoms with Crippen LogP contribution in [0, 0.1) is 5.92 Å². The zero-order chi connectivity index (χ0) is 18.1. The monoisotopic (exact) mass is 350 g/mol. The van der Waals surface area contributed by atoms with Crippen molar-refractivity contribution in [1.82, 2.24) is 10.2 Å². The lowest BCUT2D eigenvalue weighted by Gasteiger charge is -2.21. The van der Waals surface area contributed by atoms with Gasteiger partial charge in [0, 0.05) is 49.0 Å². The molecular formula is C22H26N2O2. The van der Waals surface area contributed by atoms with E-state index in [-0.39, 0.29) is 11.8 Å². The molecule has 0 spiro atoms. The SMILES string of the molecule is CN(C)C1=CC=c2oc3c(c2C1)C=C(NC(=O)C1CCCCC1)C=CC=3. The van der Waals surface area contributed by atoms with Crippen LogP contribution in [0.2, 0.25) is 0 Å². The molecule has 4 rings (SSSR count). The predicted molar refractivity (Wildman–Crippen MR) is 104 cm³/mol. The first-order chi connectivity index (χ1) is 12.6. The van der Waals surface area contributed by atoms with Gasteiger partial charge in [-0.3, -0.25) is 4.79 Å². The molecule has 26 heavy (non-hydrogen) atoms. The number of carbonyl (C=O) groups excluding carboxylic acids is 1. The average Bonchev–Trinajstić information content (AvgIpc) is 2.86. The van der Waals surface area contributed by atoms with Crippen LogP contribution in [-0.4, -0.2) is 24.9 Å². The molecule has 0 radical (unpaired) electrons. The van der Waals surface area contributed by atoms with E-state index in [9.17, 15) is 4.79 Å². The number of hydrogen-bond donors (Lipinski definition) is 1. The smallest absolute Gasteiger partial charge is 0.227 e. The third-order valence-electron chi connectivity index (χ3n) is 5.53. The van der Waals surface area contributed by atoms with E-state index in [0.717, 1.165) is 54.2 Å². The normalized spacial score (nSPS) is 19.2. The van der Waals surface area contributed by atoms with Crippen molar-refractivity contribution < 1.29 is 9.21 Å². The first-order valence-corrected chi connectivity index (χ1v) is 9.52. The summed E-state index contributed by atoms with van der Waals surface area (Å²) in [4.78, 5) is 14.7. The molecule has 4 nitrogen and oxygen atoms in total. The lowest BCUT2D eigenvalue weighted by atomic mass is 9.88. The summed E-state index contributed by atoms with van der Waals surface area (Å²) in [6.07, 6.45) is 18.5. The molecular weight excluding hydrogens is 324 g/mol. The first-order valence-electron chi connectivity index (χ1n) is 9.52. The Morgan fingerprint density at radius 2 is 1.92 bits per heavy atom. The zero-order valence-electron chi connectivity index (χ0n) is 15.5. The first kappa shape index (κ1) is 17.0. The summed E-state index contributed by atoms with van der Waals surface area (Å²) < 4.78 is 6.02. The van der Waals surface area contributed by atoms with E-state index >= 15 is 0 Å². The average molecular weight is 350 g/mol. The largest absolute Gasteiger partial charge is 0.456 e. The highest BCUT2D eigenvalue weighted by atomic mass is 16.3. The third-order valence-corrected chi connectivity index (χ3v) is 5.53. The molecule has 1 heterocycles. The van der Waals surface area contributed by atoms with Crippen LogP contribution in [0.25, 0.3) is 18.2 Å². The van der Waals surface area contributed by atoms with Crippen LogP contribution < -0.4 is 16.1 Å². The number of carbonyl (C=O) groups is 1. The fourth-order valence-electron chi connectivity index (χ4n) is 3.96. The highest BCUT2D eigenvalue weighted by Gasteiger charge is 2.22. The summed E-state index contributed by atoms with van der Waals surface area (Å²) in [5, 5.41) is 3.14. The number of amides is 1. The van der Waals surface area contributed by atoms with E-state index in [1.807, 2.05) is 24.3 Å². The zero-order valence-corrected chi connectivity index (χ0v) is 15.5. The fourth-order valence-corrected chi connectivity index (χ4v) is 3.96. The van der Waals surface area contributed by atoms with Gasteiger partial charge in [0.25, 0.3) is 0 Å². The van der Waals surface area contributed by atoms with Gasteiger partial charge in [-0.05, 0) is 43.2 Å². The van der Waals surface area contributed by atoms with Crippen LogP contribution in [0.3, 0.4) is 0 Å². The quantitative estimate of drug-likeness (QED) is 0.911. The topological polar surface area (TPSA) is 45.5 Å². The predicted octanol–water partition coefficient (Wildman–Crippen LogP) is 2.45. The highest BCUT2D eigenvalue weighted by molar-refractivity contribution is 5.83. The van der Waals surface area contributed by atoms with Crippen molar-refractivity contribution in [3.63, 3.8) is 0 Å². The maximum absolute atomic E-state index is 12.6. The second-order valence-electron chi connectivity index (χ2n) is 7.57. The summed E-state index contributed by atoms with van der Waals surface area (Å²) in [6, 6.07) is 0. The Labute approximate surface area is 154 Å². The molecule has 0 saturated heterocycles. The van der Waals surface area contributed by atoms with Crippen molar-refractivity contribution in [1.29, 1.82) is 0 Å². The Morgan fingerprint density at radius 1 is 1.12 bits per heavy atom. The lowest BCUT2D eigenvalue weighted by molar-refractivity contribution is -0.125. The minimum absolute atomic E-state index is 0.152. The maximum atomic E-state index is 12.6. The number of nitrogens with one attached hydrogen (secondary N) is 1. The van der Waals surface area contributed by atoms with Gasteiger partial charge in [-0.15, -0.1) is 0 Å². The molecule has 0 bridgehead atoms. The Balaban J connectivity index is 1.61. The van der Waals surface area contributed by atoms with Gasteiger partial charge in [-0.25, -0.2) is 0 Å². The summed E-state index contributed by atoms with van der Waals surface area (Å²) in [5.41, 5.74) is 6.14. The van der Waals surface area contributed by atoms with Crippen molar-refractivity contribution in [2.24, 2.45) is 5.92 Å². The van der Waals surface area contributed by atoms with Gasteiger partial charge in [0.15, 0.2) is 0 Å². The Kier molecular flexibility index (Phi) is 4.58. The number of furan rings is 1. The molecule has 4 heteroatoms. The second-order valence-corrected chi connectivity index (χ2v) is 7.57. The molecule has 1 amide bonds. The minimum atomic E-state index is 0.152. The summed E-state index contributed by atoms with van der Waals surface area (Å²) in [7, 11) is 4.12. The van der Waals surface area contributed by atoms with Crippen LogP contribution in [0.5, 0.6) is 0 Å². The minimum Gasteiger partial charge on any atom is -0.456 e. The van der Waals surface area contributed by atoms with Gasteiger partial charge in [-0.2, -0.15) is 0 Å². The van der Waals surface area contributed by atoms with Gasteiger partial charge >= 0.3 is 0 Å². The van der Waals surface area contributed by atoms with Gasteiger partial charge in [0.2, 0.25) is 5.91 Å². The number of nitrogens with zero attached hydrogens (tertiary/aromatic N) is 1. The van der Waals surface area contributed by atoms with E-state index in [1.165, 1.54) is 17.7 Å². The van der Waals surface area contributed by atoms with Crippen LogP contribution >= 0.6 is 0 Å². The van der Waals surface area contributed by atoms with Gasteiger partial charge in [0.1, 0.15) is 10.8 Å². The molecule has 0 aromatic carbocycles. The maximum Gasteiger partial charge on any atom is 0.227 e. The summed E-state index contributed by atoms with van der Waals surface area (Å²) >= 11 is 0. The summed E-state index contributed by atoms with van der Waals surface area (Å²) in [6.45, 7) is 0. The van der Waals surface area contributed by atoms with Crippen LogP contribution in [0.1, 0.15) is 43.2 Å². The van der Waals surface area contributed by atoms with E-state index in [0.29, 0.717) is 0 Å². The lowest BCUT2D eigenvalue weighted by Crippen LogP contribution is -2.31. The van der Waals surface area contributed by atoms with Gasteiger partial charge in [0.05, 0.1) is 0 Å². The number of fused-ring (bicyclic) bond motifs is 3. The van der Waals surface area contributed by atoms with Crippen molar-refractivity contribution in [3.8, 4) is 0 Å². The standard InChI is InChI=1S/C22H26N2O2/c1-24(2)17-11-12-21-19(14-17)18-13-16(9-6-10-20(18)26-21)23-22(25)15-7-4-3-5-8-15/h6,9-13,15H,3-5,7-8,14H2,1-2H3,(H,23,25). The molecule has 136 valence electrons. The van der Waals surface area contributed by atoms with Crippen LogP contribution in [0.15, 0.2) is 34.0 Å². The molecule has 3 aliphatic rings. The Hall–Kier alpha value is -2.49. The Bertz CT molecular complexity index is 922. The van der Waals surface area contributed by atoms with E-state index in [2.05, 4.69) is 36.5 Å². The van der Waals surface area contributed by atoms with Crippen LogP contribution in [0.4, 0.5) is 0 Å². The molecule has 0 atom stereocenters. The van der Waals surface area contributed by atoms with E-state index in [1.54, 1.807) is 0 Å². The molecule has 0 unspecified atom stereocenters. The van der Waals surface area contributed by atoms with Gasteiger partial charge < -0.3 is 14.6 Å². The summed E-state index contributed by atoms with van der Waals surface area (Å²) in [5.74, 6) is 0.307. The van der Waals surface area contributed by atoms with E-state index in [4.69, 9.17) is 4.42 Å². The molecule has 1 saturated carbocycles. The highest BCUT2D eigenvalue weighted by Crippen LogP contribution is 2.24. The van der Waals surface area contributed by atoms with Crippen molar-refractivity contribution >= 4 is 24.1 Å². The van der Waals surface area contributed by atoms with Crippen molar-refractivity contribution in [3.05, 3.63) is 51.6 Å². The van der Waals surface area contributed by atoms with E-state index < -0.39 is 0 Å². The number of rotatable bonds is 3. The number of likely N-dealkylation sites (N-methyl/N-ethyl adjacent to an activating group) is 1. The molecule has 1 N–H and O–H groups in total. The van der Waals surface area contributed by atoms with Crippen LogP contribution in [-0.2, 0) is 11.2 Å². The molecule has 1 fully saturated rings. The third kappa shape index (κ3) is 3.28. The second kappa shape index (κ2) is 7.02. The fraction of sp³-hybridized carbons (Fsp3) is 0.409. The van der Waals surface area contributed by atoms with Crippen molar-refractivity contribution in [2.75, 3.05) is 14.1 Å². The molecule has 3 aliphatic carbocycles. The van der Waals surface area contributed by atoms with Crippen molar-refractivity contribution in [2.45, 2.75) is 38.5 Å². The number of hydrogen-bond acceptors (Lipinski definition) is 3. The molecule has 1 aromatic rings. The molecule has 0 aliphatic heterocycles. The van der Waals surface area contributed by atoms with Gasteiger partial charge in [-0.1, -0.05) is 25.3 Å². The number of allylic oxidation sites excluding steroid dienone is 4. The molecule has 1 aromatic heterocycles.